The number of fused-ring (bicyclic) bond motifs is 2. The SMILES string of the molecule is CN1CCN(CCCNc2c(F)cc3c(=O)c(C(=O)NCCC4CCCN4C)cn4c3c2Oc2ccccc2-4)CC1. The number of likely N-dealkylation sites (tertiary alicyclic amines) is 1. The van der Waals surface area contributed by atoms with Crippen molar-refractivity contribution in [2.45, 2.75) is 31.7 Å². The van der Waals surface area contributed by atoms with Crippen LogP contribution in [0.15, 0.2) is 41.3 Å². The normalized spacial score (nSPS) is 19.2. The van der Waals surface area contributed by atoms with Crippen LogP contribution in [0.4, 0.5) is 10.1 Å². The van der Waals surface area contributed by atoms with Crippen molar-refractivity contribution in [3.8, 4) is 17.2 Å². The Morgan fingerprint density at radius 3 is 2.68 bits per heavy atom. The molecule has 3 aliphatic heterocycles. The van der Waals surface area contributed by atoms with Gasteiger partial charge in [0.15, 0.2) is 17.3 Å². The molecule has 2 saturated heterocycles. The maximum Gasteiger partial charge on any atom is 0.256 e. The monoisotopic (exact) mass is 562 g/mol. The molecule has 0 bridgehead atoms. The van der Waals surface area contributed by atoms with Crippen LogP contribution in [-0.2, 0) is 0 Å². The van der Waals surface area contributed by atoms with Crippen molar-refractivity contribution in [1.82, 2.24) is 24.6 Å². The Kier molecular flexibility index (Phi) is 7.96. The maximum absolute atomic E-state index is 15.6. The minimum Gasteiger partial charge on any atom is -0.451 e. The molecule has 41 heavy (non-hydrogen) atoms. The molecule has 218 valence electrons. The number of aromatic nitrogens is 1. The standard InChI is InChI=1S/C31H39FN6O3/c1-35-15-17-37(18-16-35)14-6-11-33-27-24(32)19-22-28-30(27)41-26-9-4-3-8-25(26)38(28)20-23(29(22)39)31(40)34-12-10-21-7-5-13-36(21)2/h3-4,8-9,19-21,33H,5-7,10-18H2,1-2H3,(H,34,40). The van der Waals surface area contributed by atoms with Gasteiger partial charge in [-0.1, -0.05) is 12.1 Å². The highest BCUT2D eigenvalue weighted by Gasteiger charge is 2.28. The van der Waals surface area contributed by atoms with Gasteiger partial charge in [0.25, 0.3) is 5.91 Å². The first kappa shape index (κ1) is 27.7. The highest BCUT2D eigenvalue weighted by Crippen LogP contribution is 2.45. The van der Waals surface area contributed by atoms with E-state index in [1.807, 2.05) is 24.3 Å². The lowest BCUT2D eigenvalue weighted by molar-refractivity contribution is 0.0949. The van der Waals surface area contributed by atoms with Gasteiger partial charge < -0.3 is 34.6 Å². The van der Waals surface area contributed by atoms with Crippen molar-refractivity contribution in [3.05, 3.63) is 58.1 Å². The van der Waals surface area contributed by atoms with E-state index in [1.165, 1.54) is 6.07 Å². The molecule has 0 spiro atoms. The van der Waals surface area contributed by atoms with Gasteiger partial charge in [-0.15, -0.1) is 0 Å². The quantitative estimate of drug-likeness (QED) is 0.302. The van der Waals surface area contributed by atoms with Gasteiger partial charge in [0.2, 0.25) is 5.43 Å². The van der Waals surface area contributed by atoms with E-state index in [4.69, 9.17) is 4.74 Å². The second-order valence-corrected chi connectivity index (χ2v) is 11.5. The van der Waals surface area contributed by atoms with Crippen LogP contribution in [0, 0.1) is 5.82 Å². The predicted octanol–water partition coefficient (Wildman–Crippen LogP) is 3.50. The summed E-state index contributed by atoms with van der Waals surface area (Å²) in [4.78, 5) is 33.9. The summed E-state index contributed by atoms with van der Waals surface area (Å²) >= 11 is 0. The zero-order chi connectivity index (χ0) is 28.5. The van der Waals surface area contributed by atoms with Crippen molar-refractivity contribution >= 4 is 22.5 Å². The van der Waals surface area contributed by atoms with Gasteiger partial charge >= 0.3 is 0 Å². The summed E-state index contributed by atoms with van der Waals surface area (Å²) in [5, 5.41) is 6.29. The number of benzene rings is 2. The van der Waals surface area contributed by atoms with Gasteiger partial charge in [-0.3, -0.25) is 9.59 Å². The summed E-state index contributed by atoms with van der Waals surface area (Å²) in [5.41, 5.74) is 0.875. The lowest BCUT2D eigenvalue weighted by atomic mass is 10.1. The predicted molar refractivity (Wildman–Crippen MR) is 159 cm³/mol. The van der Waals surface area contributed by atoms with E-state index in [-0.39, 0.29) is 22.4 Å². The number of hydrogen-bond acceptors (Lipinski definition) is 7. The number of likely N-dealkylation sites (N-methyl/N-ethyl adjacent to an activating group) is 1. The van der Waals surface area contributed by atoms with E-state index in [9.17, 15) is 9.59 Å². The number of carbonyl (C=O) groups excluding carboxylic acids is 1. The van der Waals surface area contributed by atoms with E-state index in [0.29, 0.717) is 36.1 Å². The summed E-state index contributed by atoms with van der Waals surface area (Å²) in [6.45, 7) is 7.21. The molecule has 2 aromatic carbocycles. The number of anilines is 1. The first-order valence-corrected chi connectivity index (χ1v) is 14.7. The molecule has 1 amide bonds. The molecule has 10 heteroatoms. The molecule has 0 radical (unpaired) electrons. The van der Waals surface area contributed by atoms with E-state index in [1.54, 1.807) is 10.8 Å². The Morgan fingerprint density at radius 2 is 1.90 bits per heavy atom. The third-order valence-corrected chi connectivity index (χ3v) is 8.76. The number of pyridine rings is 1. The number of amides is 1. The average Bonchev–Trinajstić information content (AvgIpc) is 3.38. The van der Waals surface area contributed by atoms with Gasteiger partial charge in [-0.25, -0.2) is 4.39 Å². The van der Waals surface area contributed by atoms with Crippen molar-refractivity contribution < 1.29 is 13.9 Å². The molecule has 3 aliphatic rings. The third kappa shape index (κ3) is 5.56. The number of halogens is 1. The molecule has 1 atom stereocenters. The number of rotatable bonds is 9. The van der Waals surface area contributed by atoms with Crippen LogP contribution in [0.1, 0.15) is 36.0 Å². The summed E-state index contributed by atoms with van der Waals surface area (Å²) in [6.07, 6.45) is 5.51. The van der Waals surface area contributed by atoms with Gasteiger partial charge in [-0.05, 0) is 71.1 Å². The van der Waals surface area contributed by atoms with Crippen LogP contribution in [-0.4, -0.2) is 97.7 Å². The highest BCUT2D eigenvalue weighted by molar-refractivity contribution is 6.01. The molecule has 6 rings (SSSR count). The van der Waals surface area contributed by atoms with Gasteiger partial charge in [0.1, 0.15) is 16.8 Å². The topological polar surface area (TPSA) is 82.1 Å². The fraction of sp³-hybridized carbons (Fsp3) is 0.484. The molecule has 4 heterocycles. The largest absolute Gasteiger partial charge is 0.451 e. The van der Waals surface area contributed by atoms with Crippen molar-refractivity contribution in [2.24, 2.45) is 0 Å². The first-order valence-electron chi connectivity index (χ1n) is 14.7. The summed E-state index contributed by atoms with van der Waals surface area (Å²) < 4.78 is 23.7. The van der Waals surface area contributed by atoms with E-state index in [0.717, 1.165) is 65.0 Å². The lowest BCUT2D eigenvalue weighted by Gasteiger charge is -2.32. The van der Waals surface area contributed by atoms with Crippen LogP contribution in [0.2, 0.25) is 0 Å². The second-order valence-electron chi connectivity index (χ2n) is 11.5. The number of hydrogen-bond donors (Lipinski definition) is 2. The van der Waals surface area contributed by atoms with Crippen molar-refractivity contribution in [1.29, 1.82) is 0 Å². The molecule has 2 N–H and O–H groups in total. The number of piperazine rings is 1. The lowest BCUT2D eigenvalue weighted by Crippen LogP contribution is -2.44. The first-order chi connectivity index (χ1) is 19.9. The van der Waals surface area contributed by atoms with E-state index in [2.05, 4.69) is 39.4 Å². The summed E-state index contributed by atoms with van der Waals surface area (Å²) in [5.74, 6) is -0.214. The van der Waals surface area contributed by atoms with E-state index < -0.39 is 17.2 Å². The Bertz CT molecular complexity index is 1500. The fourth-order valence-electron chi connectivity index (χ4n) is 6.27. The minimum absolute atomic E-state index is 0.00721. The molecule has 0 saturated carbocycles. The summed E-state index contributed by atoms with van der Waals surface area (Å²) in [7, 11) is 4.23. The van der Waals surface area contributed by atoms with Crippen LogP contribution < -0.4 is 20.8 Å². The number of nitrogens with one attached hydrogen (secondary N) is 2. The Hall–Kier alpha value is -3.47. The van der Waals surface area contributed by atoms with Crippen molar-refractivity contribution in [3.63, 3.8) is 0 Å². The average molecular weight is 563 g/mol. The smallest absolute Gasteiger partial charge is 0.256 e. The number of ether oxygens (including phenoxy) is 1. The third-order valence-electron chi connectivity index (χ3n) is 8.76. The molecular formula is C31H39FN6O3. The Morgan fingerprint density at radius 1 is 1.10 bits per heavy atom. The Labute approximate surface area is 239 Å². The second kappa shape index (κ2) is 11.8. The van der Waals surface area contributed by atoms with Crippen LogP contribution in [0.25, 0.3) is 16.6 Å². The highest BCUT2D eigenvalue weighted by atomic mass is 19.1. The van der Waals surface area contributed by atoms with Crippen LogP contribution in [0.3, 0.4) is 0 Å². The fourth-order valence-corrected chi connectivity index (χ4v) is 6.27. The van der Waals surface area contributed by atoms with Gasteiger partial charge in [-0.2, -0.15) is 0 Å². The zero-order valence-electron chi connectivity index (χ0n) is 23.9. The van der Waals surface area contributed by atoms with Crippen molar-refractivity contribution in [2.75, 3.05) is 71.8 Å². The Balaban J connectivity index is 1.27. The summed E-state index contributed by atoms with van der Waals surface area (Å²) in [6, 6.07) is 9.06. The molecule has 0 aliphatic carbocycles. The molecule has 1 aromatic heterocycles. The molecule has 3 aromatic rings. The number of carbonyl (C=O) groups is 1. The number of nitrogens with zero attached hydrogens (tertiary/aromatic N) is 4. The van der Waals surface area contributed by atoms with Crippen LogP contribution >= 0.6 is 0 Å². The zero-order valence-corrected chi connectivity index (χ0v) is 23.9. The number of para-hydroxylation sites is 2. The minimum atomic E-state index is -0.572. The maximum atomic E-state index is 15.6. The molecule has 1 unspecified atom stereocenters. The molecule has 2 fully saturated rings. The molecular weight excluding hydrogens is 523 g/mol. The van der Waals surface area contributed by atoms with Gasteiger partial charge in [0, 0.05) is 51.5 Å². The van der Waals surface area contributed by atoms with Gasteiger partial charge in [0.05, 0.1) is 11.1 Å². The molecule has 9 nitrogen and oxygen atoms in total. The van der Waals surface area contributed by atoms with E-state index >= 15 is 4.39 Å². The van der Waals surface area contributed by atoms with Crippen LogP contribution in [0.5, 0.6) is 11.5 Å².